The third-order valence-electron chi connectivity index (χ3n) is 7.33. The van der Waals surface area contributed by atoms with Crippen LogP contribution >= 0.6 is 10.6 Å². The number of rotatable bonds is 8. The first-order valence-electron chi connectivity index (χ1n) is 13.2. The van der Waals surface area contributed by atoms with E-state index >= 15 is 0 Å². The van der Waals surface area contributed by atoms with Gasteiger partial charge in [0.2, 0.25) is 0 Å². The Hall–Kier alpha value is -3.29. The van der Waals surface area contributed by atoms with Gasteiger partial charge in [-0.25, -0.2) is 19.2 Å². The van der Waals surface area contributed by atoms with E-state index in [1.165, 1.54) is 18.2 Å². The molecule has 1 aliphatic heterocycles. The molecule has 5 rings (SSSR count). The van der Waals surface area contributed by atoms with Crippen LogP contribution in [-0.2, 0) is 9.48 Å². The highest BCUT2D eigenvalue weighted by Gasteiger charge is 2.58. The third kappa shape index (κ3) is 5.50. The van der Waals surface area contributed by atoms with Crippen molar-refractivity contribution in [3.8, 4) is 11.4 Å². The summed E-state index contributed by atoms with van der Waals surface area (Å²) in [5.41, 5.74) is 2.25. The molecule has 1 saturated carbocycles. The summed E-state index contributed by atoms with van der Waals surface area (Å²) in [5.74, 6) is 0.650. The maximum absolute atomic E-state index is 13.8. The standard InChI is InChI=1S/C28H34FN5O5S/c1-18-15-21(29)5-8-23(18)40(37,38)28(9-10-28)24-16-25(34-12-14-39-17-19(34)2)33-26(32-24)20-3-6-22(7-4-20)31-27(36)30-11-13-35/h3-8,15-16,19,35,37-38H,9-14,17H2,1-2H3,(H2,30,31,36)/t19-/m0/s1. The van der Waals surface area contributed by atoms with E-state index in [4.69, 9.17) is 19.8 Å². The SMILES string of the molecule is Cc1cc(F)ccc1S(O)(O)C1(c2cc(N3CCOC[C@@H]3C)nc(-c3ccc(NC(=O)NCCO)cc3)n2)CC1. The lowest BCUT2D eigenvalue weighted by Gasteiger charge is -2.42. The molecule has 1 atom stereocenters. The second-order valence-electron chi connectivity index (χ2n) is 10.2. The van der Waals surface area contributed by atoms with Gasteiger partial charge in [-0.15, -0.1) is 0 Å². The number of aliphatic hydroxyl groups excluding tert-OH is 1. The minimum Gasteiger partial charge on any atom is -0.395 e. The Balaban J connectivity index is 1.54. The van der Waals surface area contributed by atoms with Gasteiger partial charge in [-0.2, -0.15) is 10.6 Å². The molecule has 1 aromatic heterocycles. The van der Waals surface area contributed by atoms with Crippen molar-refractivity contribution < 1.29 is 28.1 Å². The van der Waals surface area contributed by atoms with Gasteiger partial charge in [0.05, 0.1) is 36.5 Å². The number of hydrogen-bond donors (Lipinski definition) is 5. The Bertz CT molecular complexity index is 1390. The summed E-state index contributed by atoms with van der Waals surface area (Å²) in [4.78, 5) is 24.1. The number of anilines is 2. The Labute approximate surface area is 234 Å². The van der Waals surface area contributed by atoms with Crippen LogP contribution in [0.1, 0.15) is 31.0 Å². The Morgan fingerprint density at radius 1 is 1.18 bits per heavy atom. The van der Waals surface area contributed by atoms with Crippen molar-refractivity contribution in [2.75, 3.05) is 43.1 Å². The summed E-state index contributed by atoms with van der Waals surface area (Å²) < 4.78 is 41.8. The van der Waals surface area contributed by atoms with Crippen LogP contribution in [0.15, 0.2) is 53.4 Å². The number of hydrogen-bond acceptors (Lipinski definition) is 8. The van der Waals surface area contributed by atoms with Gasteiger partial charge in [-0.3, -0.25) is 9.11 Å². The zero-order chi connectivity index (χ0) is 28.5. The molecule has 3 aromatic rings. The number of carbonyl (C=O) groups is 1. The fourth-order valence-corrected chi connectivity index (χ4v) is 7.26. The van der Waals surface area contributed by atoms with Crippen molar-refractivity contribution in [3.63, 3.8) is 0 Å². The zero-order valence-electron chi connectivity index (χ0n) is 22.4. The molecule has 2 aliphatic rings. The molecule has 40 heavy (non-hydrogen) atoms. The average Bonchev–Trinajstić information content (AvgIpc) is 3.75. The van der Waals surface area contributed by atoms with Crippen molar-refractivity contribution in [3.05, 3.63) is 65.6 Å². The number of aromatic nitrogens is 2. The summed E-state index contributed by atoms with van der Waals surface area (Å²) in [5, 5.41) is 14.1. The number of halogens is 1. The highest BCUT2D eigenvalue weighted by Crippen LogP contribution is 2.75. The number of amides is 2. The lowest BCUT2D eigenvalue weighted by atomic mass is 10.1. The minimum atomic E-state index is -3.39. The molecule has 10 nitrogen and oxygen atoms in total. The normalized spacial score (nSPS) is 18.8. The smallest absolute Gasteiger partial charge is 0.319 e. The summed E-state index contributed by atoms with van der Waals surface area (Å²) in [6, 6.07) is 12.5. The van der Waals surface area contributed by atoms with Gasteiger partial charge in [0.25, 0.3) is 0 Å². The monoisotopic (exact) mass is 571 g/mol. The van der Waals surface area contributed by atoms with Crippen LogP contribution in [0, 0.1) is 12.7 Å². The Morgan fingerprint density at radius 2 is 1.93 bits per heavy atom. The largest absolute Gasteiger partial charge is 0.395 e. The van der Waals surface area contributed by atoms with E-state index in [0.29, 0.717) is 71.6 Å². The zero-order valence-corrected chi connectivity index (χ0v) is 23.2. The highest BCUT2D eigenvalue weighted by molar-refractivity contribution is 8.25. The Morgan fingerprint density at radius 3 is 2.58 bits per heavy atom. The van der Waals surface area contributed by atoms with E-state index in [0.717, 1.165) is 0 Å². The van der Waals surface area contributed by atoms with Crippen LogP contribution in [-0.4, -0.2) is 69.2 Å². The lowest BCUT2D eigenvalue weighted by Crippen LogP contribution is -2.44. The highest BCUT2D eigenvalue weighted by atomic mass is 32.3. The predicted octanol–water partition coefficient (Wildman–Crippen LogP) is 4.73. The number of urea groups is 1. The van der Waals surface area contributed by atoms with Gasteiger partial charge in [0, 0.05) is 30.4 Å². The number of nitrogens with one attached hydrogen (secondary N) is 2. The topological polar surface area (TPSA) is 140 Å². The molecule has 0 spiro atoms. The van der Waals surface area contributed by atoms with Crippen molar-refractivity contribution in [1.82, 2.24) is 15.3 Å². The van der Waals surface area contributed by atoms with Crippen LogP contribution in [0.25, 0.3) is 11.4 Å². The van der Waals surface area contributed by atoms with Gasteiger partial charge in [0.15, 0.2) is 5.82 Å². The van der Waals surface area contributed by atoms with Gasteiger partial charge in [0.1, 0.15) is 16.4 Å². The van der Waals surface area contributed by atoms with Crippen LogP contribution in [0.5, 0.6) is 0 Å². The first kappa shape index (κ1) is 28.2. The quantitative estimate of drug-likeness (QED) is 0.262. The summed E-state index contributed by atoms with van der Waals surface area (Å²) in [6.45, 7) is 5.43. The van der Waals surface area contributed by atoms with E-state index < -0.39 is 27.2 Å². The lowest BCUT2D eigenvalue weighted by molar-refractivity contribution is 0.0985. The molecule has 0 radical (unpaired) electrons. The van der Waals surface area contributed by atoms with E-state index in [1.807, 2.05) is 13.0 Å². The molecular weight excluding hydrogens is 537 g/mol. The van der Waals surface area contributed by atoms with Gasteiger partial charge < -0.3 is 25.4 Å². The third-order valence-corrected chi connectivity index (χ3v) is 10.1. The summed E-state index contributed by atoms with van der Waals surface area (Å²) in [7, 11) is -3.39. The van der Waals surface area contributed by atoms with Crippen molar-refractivity contribution in [2.24, 2.45) is 0 Å². The van der Waals surface area contributed by atoms with E-state index in [9.17, 15) is 18.3 Å². The number of morpholine rings is 1. The second kappa shape index (κ2) is 11.3. The van der Waals surface area contributed by atoms with Crippen molar-refractivity contribution in [1.29, 1.82) is 0 Å². The molecule has 1 saturated heterocycles. The molecule has 12 heteroatoms. The maximum Gasteiger partial charge on any atom is 0.319 e. The minimum absolute atomic E-state index is 0.0585. The van der Waals surface area contributed by atoms with Gasteiger partial charge >= 0.3 is 6.03 Å². The number of benzene rings is 2. The number of nitrogens with zero attached hydrogens (tertiary/aromatic N) is 3. The molecule has 214 valence electrons. The summed E-state index contributed by atoms with van der Waals surface area (Å²) >= 11 is 0. The molecular formula is C28H34FN5O5S. The number of aliphatic hydroxyl groups is 1. The van der Waals surface area contributed by atoms with Crippen LogP contribution < -0.4 is 15.5 Å². The number of aryl methyl sites for hydroxylation is 1. The fraction of sp³-hybridized carbons (Fsp3) is 0.393. The number of carbonyl (C=O) groups excluding carboxylic acids is 1. The first-order valence-corrected chi connectivity index (χ1v) is 14.7. The van der Waals surface area contributed by atoms with E-state index in [1.54, 1.807) is 31.2 Å². The molecule has 2 fully saturated rings. The van der Waals surface area contributed by atoms with Crippen molar-refractivity contribution in [2.45, 2.75) is 42.4 Å². The fourth-order valence-electron chi connectivity index (χ4n) is 5.00. The molecule has 1 aliphatic carbocycles. The molecule has 2 amide bonds. The van der Waals surface area contributed by atoms with Crippen LogP contribution in [0.3, 0.4) is 0 Å². The van der Waals surface area contributed by atoms with Crippen LogP contribution in [0.4, 0.5) is 20.7 Å². The maximum atomic E-state index is 13.8. The molecule has 0 unspecified atom stereocenters. The molecule has 2 heterocycles. The van der Waals surface area contributed by atoms with E-state index in [-0.39, 0.29) is 19.2 Å². The van der Waals surface area contributed by atoms with Crippen molar-refractivity contribution >= 4 is 28.1 Å². The van der Waals surface area contributed by atoms with E-state index in [2.05, 4.69) is 15.5 Å². The average molecular weight is 572 g/mol. The molecule has 2 aromatic carbocycles. The predicted molar refractivity (Wildman–Crippen MR) is 152 cm³/mol. The molecule has 0 bridgehead atoms. The summed E-state index contributed by atoms with van der Waals surface area (Å²) in [6.07, 6.45) is 1.04. The molecule has 5 N–H and O–H groups in total. The Kier molecular flexibility index (Phi) is 7.98. The van der Waals surface area contributed by atoms with Crippen LogP contribution in [0.2, 0.25) is 0 Å². The second-order valence-corrected chi connectivity index (χ2v) is 12.5. The van der Waals surface area contributed by atoms with Gasteiger partial charge in [-0.1, -0.05) is 0 Å². The number of ether oxygens (including phenoxy) is 1. The van der Waals surface area contributed by atoms with Gasteiger partial charge in [-0.05, 0) is 74.7 Å². The first-order chi connectivity index (χ1) is 19.1.